The number of ether oxygens (including phenoxy) is 2. The minimum Gasteiger partial charge on any atom is -0.394 e. The van der Waals surface area contributed by atoms with Crippen molar-refractivity contribution in [2.24, 2.45) is 0 Å². The fraction of sp³-hybridized carbons (Fsp3) is 0.947. The maximum Gasteiger partial charge on any atom is 0.390 e. The lowest BCUT2D eigenvalue weighted by atomic mass is 9.97. The van der Waals surface area contributed by atoms with Gasteiger partial charge in [-0.3, -0.25) is 13.8 Å². The topological polar surface area (TPSA) is 144 Å². The predicted octanol–water partition coefficient (Wildman–Crippen LogP) is 1.81. The van der Waals surface area contributed by atoms with Gasteiger partial charge in [-0.25, -0.2) is 4.57 Å². The molecule has 0 aromatic heterocycles. The lowest BCUT2D eigenvalue weighted by Crippen LogP contribution is -2.64. The molecular formula is C19H38NO9PS. The van der Waals surface area contributed by atoms with Crippen molar-refractivity contribution in [2.75, 3.05) is 19.0 Å². The van der Waals surface area contributed by atoms with Crippen molar-refractivity contribution in [2.45, 2.75) is 96.7 Å². The maximum atomic E-state index is 13.3. The summed E-state index contributed by atoms with van der Waals surface area (Å²) in [6.45, 7) is 8.17. The Balaban J connectivity index is 2.79. The fourth-order valence-corrected chi connectivity index (χ4v) is 7.13. The van der Waals surface area contributed by atoms with Gasteiger partial charge >= 0.3 is 6.80 Å². The maximum absolute atomic E-state index is 13.3. The van der Waals surface area contributed by atoms with Crippen LogP contribution in [0.1, 0.15) is 54.9 Å². The Bertz CT molecular complexity index is 628. The minimum atomic E-state index is -3.53. The molecule has 1 heterocycles. The van der Waals surface area contributed by atoms with Crippen molar-refractivity contribution in [3.8, 4) is 0 Å². The lowest BCUT2D eigenvalue weighted by Gasteiger charge is -2.42. The molecular weight excluding hydrogens is 449 g/mol. The third kappa shape index (κ3) is 9.65. The Labute approximate surface area is 188 Å². The summed E-state index contributed by atoms with van der Waals surface area (Å²) in [6, 6.07) is -1.03. The summed E-state index contributed by atoms with van der Waals surface area (Å²) in [5, 5.41) is 32.2. The predicted molar refractivity (Wildman–Crippen MR) is 118 cm³/mol. The largest absolute Gasteiger partial charge is 0.394 e. The average Bonchev–Trinajstić information content (AvgIpc) is 2.61. The highest BCUT2D eigenvalue weighted by Gasteiger charge is 2.45. The number of aliphatic hydroxyl groups is 3. The molecule has 0 aromatic rings. The first kappa shape index (κ1) is 28.8. The molecule has 0 radical (unpaired) electrons. The van der Waals surface area contributed by atoms with Crippen LogP contribution in [0.25, 0.3) is 0 Å². The molecule has 6 atom stereocenters. The zero-order chi connectivity index (χ0) is 24.0. The SMILES string of the molecule is CCC(C)(C)OP(=O)(OC(C)(C)C)SCCOC1OC(CO)C(O)C(O)C1NC(C)=O. The Hall–Kier alpha value is -0.230. The van der Waals surface area contributed by atoms with E-state index in [0.29, 0.717) is 6.42 Å². The number of amides is 1. The van der Waals surface area contributed by atoms with E-state index in [0.717, 1.165) is 11.4 Å². The van der Waals surface area contributed by atoms with Crippen molar-refractivity contribution in [1.82, 2.24) is 5.32 Å². The molecule has 0 saturated carbocycles. The molecule has 31 heavy (non-hydrogen) atoms. The summed E-state index contributed by atoms with van der Waals surface area (Å²) in [4.78, 5) is 11.5. The van der Waals surface area contributed by atoms with E-state index in [9.17, 15) is 24.7 Å². The van der Waals surface area contributed by atoms with Gasteiger partial charge in [-0.1, -0.05) is 6.92 Å². The molecule has 1 saturated heterocycles. The number of hydrogen-bond acceptors (Lipinski definition) is 10. The molecule has 184 valence electrons. The number of aliphatic hydroxyl groups excluding tert-OH is 3. The van der Waals surface area contributed by atoms with Crippen LogP contribution in [0.15, 0.2) is 0 Å². The Morgan fingerprint density at radius 1 is 1.16 bits per heavy atom. The first-order chi connectivity index (χ1) is 14.1. The first-order valence-electron chi connectivity index (χ1n) is 10.3. The molecule has 1 aliphatic rings. The van der Waals surface area contributed by atoms with Gasteiger partial charge in [0.2, 0.25) is 5.91 Å². The van der Waals surface area contributed by atoms with E-state index >= 15 is 0 Å². The highest BCUT2D eigenvalue weighted by molar-refractivity contribution is 8.55. The van der Waals surface area contributed by atoms with Crippen LogP contribution in [0.3, 0.4) is 0 Å². The molecule has 10 nitrogen and oxygen atoms in total. The van der Waals surface area contributed by atoms with Gasteiger partial charge in [0.1, 0.15) is 24.4 Å². The zero-order valence-electron chi connectivity index (χ0n) is 19.4. The number of carbonyl (C=O) groups is 1. The van der Waals surface area contributed by atoms with Crippen LogP contribution in [-0.4, -0.2) is 82.0 Å². The molecule has 1 rings (SSSR count). The standard InChI is InChI=1S/C19H38NO9PS/c1-8-19(6,7)29-30(25,28-18(3,4)5)31-10-9-26-17-14(20-12(2)22)16(24)15(23)13(11-21)27-17/h13-17,21,23-24H,8-11H2,1-7H3,(H,20,22). The third-order valence-electron chi connectivity index (χ3n) is 4.46. The van der Waals surface area contributed by atoms with E-state index in [-0.39, 0.29) is 12.4 Å². The quantitative estimate of drug-likeness (QED) is 0.252. The van der Waals surface area contributed by atoms with Crippen LogP contribution in [-0.2, 0) is 27.9 Å². The van der Waals surface area contributed by atoms with Crippen LogP contribution in [0.4, 0.5) is 0 Å². The lowest BCUT2D eigenvalue weighted by molar-refractivity contribution is -0.268. The van der Waals surface area contributed by atoms with E-state index in [2.05, 4.69) is 5.32 Å². The highest BCUT2D eigenvalue weighted by Crippen LogP contribution is 2.64. The van der Waals surface area contributed by atoms with Gasteiger partial charge < -0.3 is 30.1 Å². The van der Waals surface area contributed by atoms with Crippen molar-refractivity contribution in [3.63, 3.8) is 0 Å². The summed E-state index contributed by atoms with van der Waals surface area (Å²) in [6.07, 6.45) is -4.33. The molecule has 6 unspecified atom stereocenters. The summed E-state index contributed by atoms with van der Waals surface area (Å²) in [5.41, 5.74) is -1.34. The summed E-state index contributed by atoms with van der Waals surface area (Å²) < 4.78 is 36.1. The van der Waals surface area contributed by atoms with Gasteiger partial charge in [-0.05, 0) is 52.4 Å². The van der Waals surface area contributed by atoms with Crippen molar-refractivity contribution in [1.29, 1.82) is 0 Å². The van der Waals surface area contributed by atoms with Gasteiger partial charge in [0.25, 0.3) is 0 Å². The van der Waals surface area contributed by atoms with Crippen LogP contribution in [0.2, 0.25) is 0 Å². The smallest absolute Gasteiger partial charge is 0.390 e. The molecule has 0 aliphatic carbocycles. The first-order valence-corrected chi connectivity index (χ1v) is 13.4. The van der Waals surface area contributed by atoms with Crippen molar-refractivity contribution in [3.05, 3.63) is 0 Å². The second-order valence-electron chi connectivity index (χ2n) is 8.99. The zero-order valence-corrected chi connectivity index (χ0v) is 21.1. The van der Waals surface area contributed by atoms with Crippen LogP contribution < -0.4 is 5.32 Å². The van der Waals surface area contributed by atoms with Crippen molar-refractivity contribution >= 4 is 24.1 Å². The molecule has 0 aromatic carbocycles. The van der Waals surface area contributed by atoms with Gasteiger partial charge in [-0.15, -0.1) is 0 Å². The number of nitrogens with one attached hydrogen (secondary N) is 1. The fourth-order valence-electron chi connectivity index (χ4n) is 2.70. The third-order valence-corrected chi connectivity index (χ3v) is 8.56. The molecule has 1 fully saturated rings. The molecule has 1 amide bonds. The molecule has 0 bridgehead atoms. The summed E-state index contributed by atoms with van der Waals surface area (Å²) >= 11 is 0.987. The summed E-state index contributed by atoms with van der Waals surface area (Å²) in [7, 11) is 0. The van der Waals surface area contributed by atoms with Crippen LogP contribution in [0, 0.1) is 0 Å². The van der Waals surface area contributed by atoms with E-state index in [4.69, 9.17) is 18.5 Å². The molecule has 4 N–H and O–H groups in total. The number of hydrogen-bond donors (Lipinski definition) is 4. The van der Waals surface area contributed by atoms with Gasteiger partial charge in [0, 0.05) is 12.7 Å². The second-order valence-corrected chi connectivity index (χ2v) is 13.0. The van der Waals surface area contributed by atoms with E-state index in [1.165, 1.54) is 6.92 Å². The van der Waals surface area contributed by atoms with E-state index < -0.39 is 61.2 Å². The second kappa shape index (κ2) is 11.8. The number of carbonyl (C=O) groups excluding carboxylic acids is 1. The van der Waals surface area contributed by atoms with E-state index in [1.54, 1.807) is 20.8 Å². The normalized spacial score (nSPS) is 29.4. The average molecular weight is 488 g/mol. The van der Waals surface area contributed by atoms with Gasteiger partial charge in [0.15, 0.2) is 6.29 Å². The minimum absolute atomic E-state index is 0.0276. The molecule has 12 heteroatoms. The Morgan fingerprint density at radius 3 is 2.26 bits per heavy atom. The molecule has 0 spiro atoms. The van der Waals surface area contributed by atoms with Crippen LogP contribution in [0.5, 0.6) is 0 Å². The van der Waals surface area contributed by atoms with E-state index in [1.807, 2.05) is 20.8 Å². The number of rotatable bonds is 11. The Morgan fingerprint density at radius 2 is 1.77 bits per heavy atom. The monoisotopic (exact) mass is 487 g/mol. The van der Waals surface area contributed by atoms with Crippen LogP contribution >= 0.6 is 18.2 Å². The summed E-state index contributed by atoms with van der Waals surface area (Å²) in [5.74, 6) is -0.231. The Kier molecular flexibility index (Phi) is 10.9. The highest BCUT2D eigenvalue weighted by atomic mass is 32.7. The molecule has 1 aliphatic heterocycles. The van der Waals surface area contributed by atoms with Gasteiger partial charge in [0.05, 0.1) is 24.4 Å². The van der Waals surface area contributed by atoms with Gasteiger partial charge in [-0.2, -0.15) is 0 Å². The van der Waals surface area contributed by atoms with Crippen molar-refractivity contribution < 1.29 is 43.2 Å².